The lowest BCUT2D eigenvalue weighted by molar-refractivity contribution is 0.125. The monoisotopic (exact) mass is 447 g/mol. The number of hydrogen-bond acceptors (Lipinski definition) is 6. The Labute approximate surface area is 182 Å². The van der Waals surface area contributed by atoms with Gasteiger partial charge in [0.2, 0.25) is 15.9 Å². The van der Waals surface area contributed by atoms with Crippen LogP contribution in [0.2, 0.25) is 0 Å². The highest BCUT2D eigenvalue weighted by Gasteiger charge is 2.33. The number of anilines is 1. The topological polar surface area (TPSA) is 109 Å². The summed E-state index contributed by atoms with van der Waals surface area (Å²) in [7, 11) is -3.14. The molecule has 1 aromatic heterocycles. The Bertz CT molecular complexity index is 1050. The maximum absolute atomic E-state index is 12.5. The van der Waals surface area contributed by atoms with Gasteiger partial charge in [-0.1, -0.05) is 17.3 Å². The largest absolute Gasteiger partial charge is 0.339 e. The summed E-state index contributed by atoms with van der Waals surface area (Å²) in [4.78, 5) is 18.8. The maximum Gasteiger partial charge on any atom is 0.321 e. The summed E-state index contributed by atoms with van der Waals surface area (Å²) in [5.74, 6) is 1.66. The lowest BCUT2D eigenvalue weighted by Crippen LogP contribution is -2.52. The van der Waals surface area contributed by atoms with Gasteiger partial charge in [-0.2, -0.15) is 4.98 Å². The highest BCUT2D eigenvalue weighted by atomic mass is 32.2. The van der Waals surface area contributed by atoms with E-state index < -0.39 is 10.0 Å². The van der Waals surface area contributed by atoms with Crippen LogP contribution in [0.3, 0.4) is 0 Å². The number of carbonyl (C=O) groups is 1. The number of benzene rings is 1. The van der Waals surface area contributed by atoms with Crippen molar-refractivity contribution in [3.8, 4) is 0 Å². The Kier molecular flexibility index (Phi) is 6.02. The van der Waals surface area contributed by atoms with Crippen LogP contribution in [0.25, 0.3) is 0 Å². The van der Waals surface area contributed by atoms with Gasteiger partial charge in [0.1, 0.15) is 0 Å². The molecule has 0 bridgehead atoms. The molecule has 10 heteroatoms. The first-order valence-electron chi connectivity index (χ1n) is 10.6. The SMILES string of the molecule is Cc1ccc(C)c(NC(=O)N2CC(Cc3nc(C4CCN(S(C)(=O)=O)CC4)no3)C2)c1. The smallest absolute Gasteiger partial charge is 0.321 e. The molecular formula is C21H29N5O4S. The Morgan fingerprint density at radius 2 is 1.94 bits per heavy atom. The number of piperidine rings is 1. The van der Waals surface area contributed by atoms with Crippen molar-refractivity contribution in [1.82, 2.24) is 19.3 Å². The first-order chi connectivity index (χ1) is 14.7. The molecule has 0 unspecified atom stereocenters. The van der Waals surface area contributed by atoms with Gasteiger partial charge in [0.05, 0.1) is 6.26 Å². The molecule has 4 rings (SSSR count). The van der Waals surface area contributed by atoms with E-state index in [1.807, 2.05) is 32.0 Å². The van der Waals surface area contributed by atoms with Crippen LogP contribution in [0.15, 0.2) is 22.7 Å². The molecule has 1 N–H and O–H groups in total. The standard InChI is InChI=1S/C21H29N5O4S/c1-14-4-5-15(2)18(10-14)22-21(27)25-12-16(13-25)11-19-23-20(24-30-19)17-6-8-26(9-7-17)31(3,28)29/h4-5,10,16-17H,6-9,11-13H2,1-3H3,(H,22,27). The number of likely N-dealkylation sites (tertiary alicyclic amines) is 1. The van der Waals surface area contributed by atoms with Crippen molar-refractivity contribution in [2.24, 2.45) is 5.92 Å². The van der Waals surface area contributed by atoms with Crippen LogP contribution in [-0.4, -0.2) is 66.2 Å². The summed E-state index contributed by atoms with van der Waals surface area (Å²) in [6.07, 6.45) is 3.27. The Morgan fingerprint density at radius 1 is 1.23 bits per heavy atom. The van der Waals surface area contributed by atoms with Crippen molar-refractivity contribution in [3.63, 3.8) is 0 Å². The van der Waals surface area contributed by atoms with Gasteiger partial charge in [-0.05, 0) is 43.9 Å². The number of aryl methyl sites for hydroxylation is 2. The van der Waals surface area contributed by atoms with E-state index in [4.69, 9.17) is 4.52 Å². The molecule has 31 heavy (non-hydrogen) atoms. The first-order valence-corrected chi connectivity index (χ1v) is 12.4. The fourth-order valence-electron chi connectivity index (χ4n) is 4.14. The number of rotatable bonds is 5. The molecule has 0 atom stereocenters. The summed E-state index contributed by atoms with van der Waals surface area (Å²) in [5.41, 5.74) is 2.99. The van der Waals surface area contributed by atoms with Crippen LogP contribution in [0.5, 0.6) is 0 Å². The zero-order chi connectivity index (χ0) is 22.2. The third-order valence-electron chi connectivity index (χ3n) is 6.11. The van der Waals surface area contributed by atoms with Crippen LogP contribution in [0, 0.1) is 19.8 Å². The normalized spacial score (nSPS) is 18.7. The highest BCUT2D eigenvalue weighted by molar-refractivity contribution is 7.88. The average Bonchev–Trinajstić information content (AvgIpc) is 3.15. The zero-order valence-corrected chi connectivity index (χ0v) is 19.0. The number of hydrogen-bond donors (Lipinski definition) is 1. The number of sulfonamides is 1. The number of nitrogens with one attached hydrogen (secondary N) is 1. The van der Waals surface area contributed by atoms with Gasteiger partial charge < -0.3 is 14.7 Å². The van der Waals surface area contributed by atoms with Gasteiger partial charge in [0.15, 0.2) is 5.82 Å². The number of carbonyl (C=O) groups excluding carboxylic acids is 1. The third-order valence-corrected chi connectivity index (χ3v) is 7.42. The van der Waals surface area contributed by atoms with E-state index in [2.05, 4.69) is 15.5 Å². The van der Waals surface area contributed by atoms with Gasteiger partial charge >= 0.3 is 6.03 Å². The van der Waals surface area contributed by atoms with E-state index in [9.17, 15) is 13.2 Å². The quantitative estimate of drug-likeness (QED) is 0.754. The number of amides is 2. The second-order valence-corrected chi connectivity index (χ2v) is 10.7. The summed E-state index contributed by atoms with van der Waals surface area (Å²) in [6.45, 7) is 6.26. The van der Waals surface area contributed by atoms with Crippen LogP contribution >= 0.6 is 0 Å². The number of urea groups is 1. The van der Waals surface area contributed by atoms with E-state index in [1.165, 1.54) is 10.6 Å². The predicted molar refractivity (Wildman–Crippen MR) is 116 cm³/mol. The fourth-order valence-corrected chi connectivity index (χ4v) is 5.01. The summed E-state index contributed by atoms with van der Waals surface area (Å²) >= 11 is 0. The van der Waals surface area contributed by atoms with E-state index in [0.29, 0.717) is 63.1 Å². The third kappa shape index (κ3) is 5.07. The van der Waals surface area contributed by atoms with E-state index in [1.54, 1.807) is 4.90 Å². The minimum absolute atomic E-state index is 0.0891. The van der Waals surface area contributed by atoms with E-state index in [0.717, 1.165) is 16.8 Å². The number of aromatic nitrogens is 2. The predicted octanol–water partition coefficient (Wildman–Crippen LogP) is 2.53. The van der Waals surface area contributed by atoms with Gasteiger partial charge in [-0.15, -0.1) is 0 Å². The van der Waals surface area contributed by atoms with Crippen molar-refractivity contribution in [2.75, 3.05) is 37.8 Å². The molecular weight excluding hydrogens is 418 g/mol. The molecule has 2 aromatic rings. The van der Waals surface area contributed by atoms with Crippen molar-refractivity contribution in [2.45, 2.75) is 39.0 Å². The molecule has 0 aliphatic carbocycles. The van der Waals surface area contributed by atoms with Gasteiger partial charge in [-0.3, -0.25) is 0 Å². The molecule has 0 saturated carbocycles. The second-order valence-electron chi connectivity index (χ2n) is 8.71. The maximum atomic E-state index is 12.5. The average molecular weight is 448 g/mol. The minimum Gasteiger partial charge on any atom is -0.339 e. The fraction of sp³-hybridized carbons (Fsp3) is 0.571. The van der Waals surface area contributed by atoms with E-state index in [-0.39, 0.29) is 11.9 Å². The van der Waals surface area contributed by atoms with Crippen molar-refractivity contribution in [1.29, 1.82) is 0 Å². The molecule has 2 saturated heterocycles. The second kappa shape index (κ2) is 8.58. The van der Waals surface area contributed by atoms with Crippen LogP contribution in [0.4, 0.5) is 10.5 Å². The van der Waals surface area contributed by atoms with Gasteiger partial charge in [0, 0.05) is 50.1 Å². The Hall–Kier alpha value is -2.46. The molecule has 2 amide bonds. The Balaban J connectivity index is 1.25. The molecule has 0 radical (unpaired) electrons. The molecule has 1 aromatic carbocycles. The molecule has 9 nitrogen and oxygen atoms in total. The van der Waals surface area contributed by atoms with Crippen molar-refractivity contribution < 1.29 is 17.7 Å². The Morgan fingerprint density at radius 3 is 2.61 bits per heavy atom. The highest BCUT2D eigenvalue weighted by Crippen LogP contribution is 2.28. The van der Waals surface area contributed by atoms with Crippen molar-refractivity contribution >= 4 is 21.7 Å². The summed E-state index contributed by atoms with van der Waals surface area (Å²) in [5, 5.41) is 7.11. The summed E-state index contributed by atoms with van der Waals surface area (Å²) in [6, 6.07) is 5.92. The van der Waals surface area contributed by atoms with Gasteiger partial charge in [0.25, 0.3) is 0 Å². The molecule has 0 spiro atoms. The molecule has 2 aliphatic heterocycles. The minimum atomic E-state index is -3.14. The summed E-state index contributed by atoms with van der Waals surface area (Å²) < 4.78 is 30.2. The van der Waals surface area contributed by atoms with Crippen LogP contribution < -0.4 is 5.32 Å². The molecule has 2 fully saturated rings. The first kappa shape index (κ1) is 21.8. The van der Waals surface area contributed by atoms with Crippen molar-refractivity contribution in [3.05, 3.63) is 41.0 Å². The lowest BCUT2D eigenvalue weighted by Gasteiger charge is -2.38. The number of nitrogens with zero attached hydrogens (tertiary/aromatic N) is 4. The van der Waals surface area contributed by atoms with E-state index >= 15 is 0 Å². The lowest BCUT2D eigenvalue weighted by atomic mass is 9.96. The molecule has 2 aliphatic rings. The van der Waals surface area contributed by atoms with Crippen LogP contribution in [0.1, 0.15) is 41.6 Å². The van der Waals surface area contributed by atoms with Gasteiger partial charge in [-0.25, -0.2) is 17.5 Å². The van der Waals surface area contributed by atoms with Crippen LogP contribution in [-0.2, 0) is 16.4 Å². The molecule has 168 valence electrons. The molecule has 3 heterocycles. The zero-order valence-electron chi connectivity index (χ0n) is 18.2.